The van der Waals surface area contributed by atoms with Crippen molar-refractivity contribution in [3.63, 3.8) is 0 Å². The Bertz CT molecular complexity index is 428. The Morgan fingerprint density at radius 2 is 2.00 bits per heavy atom. The normalized spacial score (nSPS) is 13.6. The standard InChI is InChI=1S/C14H22N2O2.HI/c1-11(16(3,4)5)9-12-7-6-8-13(10-12)18-14(17)15-2;/h6-8,10-11H,9H2,1-5H3;1H. The average Bonchev–Trinajstić information content (AvgIpc) is 2.28. The van der Waals surface area contributed by atoms with Crippen molar-refractivity contribution in [3.05, 3.63) is 29.8 Å². The number of benzene rings is 1. The van der Waals surface area contributed by atoms with Gasteiger partial charge in [0.1, 0.15) is 6.08 Å². The molecule has 19 heavy (non-hydrogen) atoms. The van der Waals surface area contributed by atoms with Crippen molar-refractivity contribution in [2.75, 3.05) is 28.2 Å². The number of quaternary nitrogens is 1. The van der Waals surface area contributed by atoms with Crippen molar-refractivity contribution in [3.8, 4) is 5.75 Å². The molecule has 1 rings (SSSR count). The van der Waals surface area contributed by atoms with Gasteiger partial charge in [-0.3, -0.25) is 4.99 Å². The van der Waals surface area contributed by atoms with Crippen molar-refractivity contribution in [1.29, 1.82) is 0 Å². The molecule has 0 spiro atoms. The van der Waals surface area contributed by atoms with Crippen LogP contribution in [0.1, 0.15) is 12.5 Å². The zero-order valence-corrected chi connectivity index (χ0v) is 14.5. The molecule has 1 unspecified atom stereocenters. The van der Waals surface area contributed by atoms with E-state index in [-0.39, 0.29) is 24.0 Å². The van der Waals surface area contributed by atoms with E-state index in [1.807, 2.05) is 18.2 Å². The van der Waals surface area contributed by atoms with Gasteiger partial charge in [-0.05, 0) is 24.6 Å². The SMILES string of the molecule is CN=C([O-])Oc1cccc(CC(C)[N+](C)(C)C)c1.I. The summed E-state index contributed by atoms with van der Waals surface area (Å²) in [6.45, 7) is 2.21. The number of hydrogen-bond donors (Lipinski definition) is 0. The van der Waals surface area contributed by atoms with Crippen LogP contribution in [-0.4, -0.2) is 44.8 Å². The van der Waals surface area contributed by atoms with Gasteiger partial charge in [0.2, 0.25) is 0 Å². The number of hydrogen-bond acceptors (Lipinski definition) is 3. The molecule has 0 heterocycles. The third kappa shape index (κ3) is 6.24. The van der Waals surface area contributed by atoms with Crippen molar-refractivity contribution in [2.24, 2.45) is 4.99 Å². The van der Waals surface area contributed by atoms with Crippen molar-refractivity contribution in [1.82, 2.24) is 0 Å². The second-order valence-corrected chi connectivity index (χ2v) is 5.41. The molecule has 1 atom stereocenters. The Hall–Kier alpha value is -0.820. The highest BCUT2D eigenvalue weighted by Crippen LogP contribution is 2.17. The monoisotopic (exact) mass is 378 g/mol. The summed E-state index contributed by atoms with van der Waals surface area (Å²) >= 11 is 0. The first kappa shape index (κ1) is 18.2. The first-order chi connectivity index (χ1) is 8.32. The number of nitrogens with zero attached hydrogens (tertiary/aromatic N) is 2. The molecule has 0 amide bonds. The molecule has 108 valence electrons. The number of rotatable bonds is 4. The van der Waals surface area contributed by atoms with Gasteiger partial charge in [-0.25, -0.2) is 0 Å². The molecule has 0 fully saturated rings. The van der Waals surface area contributed by atoms with Gasteiger partial charge in [0, 0.05) is 19.2 Å². The van der Waals surface area contributed by atoms with E-state index >= 15 is 0 Å². The molecule has 0 N–H and O–H groups in total. The number of ether oxygens (including phenoxy) is 1. The van der Waals surface area contributed by atoms with E-state index < -0.39 is 6.08 Å². The summed E-state index contributed by atoms with van der Waals surface area (Å²) in [6.07, 6.45) is 0.379. The van der Waals surface area contributed by atoms with E-state index in [0.29, 0.717) is 11.8 Å². The van der Waals surface area contributed by atoms with Crippen molar-refractivity contribution < 1.29 is 14.3 Å². The van der Waals surface area contributed by atoms with E-state index in [1.165, 1.54) is 7.05 Å². The fourth-order valence-electron chi connectivity index (χ4n) is 1.50. The summed E-state index contributed by atoms with van der Waals surface area (Å²) in [4.78, 5) is 3.45. The summed E-state index contributed by atoms with van der Waals surface area (Å²) in [5.74, 6) is 0.553. The molecule has 0 aliphatic rings. The predicted octanol–water partition coefficient (Wildman–Crippen LogP) is 1.67. The number of halogens is 1. The van der Waals surface area contributed by atoms with Crippen molar-refractivity contribution >= 4 is 30.1 Å². The zero-order valence-electron chi connectivity index (χ0n) is 12.2. The lowest BCUT2D eigenvalue weighted by atomic mass is 10.1. The summed E-state index contributed by atoms with van der Waals surface area (Å²) < 4.78 is 5.96. The van der Waals surface area contributed by atoms with E-state index in [9.17, 15) is 5.11 Å². The first-order valence-corrected chi connectivity index (χ1v) is 6.04. The van der Waals surface area contributed by atoms with Crippen LogP contribution < -0.4 is 9.84 Å². The Kier molecular flexibility index (Phi) is 7.36. The largest absolute Gasteiger partial charge is 0.567 e. The third-order valence-corrected chi connectivity index (χ3v) is 3.14. The van der Waals surface area contributed by atoms with Gasteiger partial charge in [-0.2, -0.15) is 0 Å². The van der Waals surface area contributed by atoms with Crippen LogP contribution in [0.3, 0.4) is 0 Å². The van der Waals surface area contributed by atoms with E-state index in [0.717, 1.165) is 16.5 Å². The molecule has 0 aliphatic carbocycles. The van der Waals surface area contributed by atoms with Gasteiger partial charge in [0.05, 0.1) is 27.2 Å². The van der Waals surface area contributed by atoms with E-state index in [4.69, 9.17) is 4.74 Å². The van der Waals surface area contributed by atoms with Crippen LogP contribution in [0, 0.1) is 0 Å². The van der Waals surface area contributed by atoms with Gasteiger partial charge in [-0.15, -0.1) is 24.0 Å². The van der Waals surface area contributed by atoms with Gasteiger partial charge < -0.3 is 14.3 Å². The molecule has 0 radical (unpaired) electrons. The van der Waals surface area contributed by atoms with Crippen LogP contribution >= 0.6 is 24.0 Å². The van der Waals surface area contributed by atoms with Crippen LogP contribution in [0.15, 0.2) is 29.3 Å². The summed E-state index contributed by atoms with van der Waals surface area (Å²) in [5, 5.41) is 11.1. The van der Waals surface area contributed by atoms with Crippen molar-refractivity contribution in [2.45, 2.75) is 19.4 Å². The van der Waals surface area contributed by atoms with Crippen LogP contribution in [0.4, 0.5) is 0 Å². The quantitative estimate of drug-likeness (QED) is 0.346. The minimum atomic E-state index is -0.563. The molecule has 0 bridgehead atoms. The molecular formula is C14H23IN2O2. The van der Waals surface area contributed by atoms with Gasteiger partial charge in [0.15, 0.2) is 0 Å². The second-order valence-electron chi connectivity index (χ2n) is 5.41. The molecule has 1 aromatic carbocycles. The summed E-state index contributed by atoms with van der Waals surface area (Å²) in [6, 6.07) is 8.10. The maximum absolute atomic E-state index is 11.1. The Balaban J connectivity index is 0.00000324. The highest BCUT2D eigenvalue weighted by molar-refractivity contribution is 14.0. The van der Waals surface area contributed by atoms with Gasteiger partial charge >= 0.3 is 0 Å². The average molecular weight is 378 g/mol. The first-order valence-electron chi connectivity index (χ1n) is 6.04. The summed E-state index contributed by atoms with van der Waals surface area (Å²) in [7, 11) is 7.94. The van der Waals surface area contributed by atoms with Gasteiger partial charge in [-0.1, -0.05) is 12.1 Å². The Labute approximate surface area is 132 Å². The molecule has 4 nitrogen and oxygen atoms in total. The topological polar surface area (TPSA) is 44.7 Å². The zero-order chi connectivity index (χ0) is 13.8. The fraction of sp³-hybridized carbons (Fsp3) is 0.500. The van der Waals surface area contributed by atoms with Crippen LogP contribution in [0.25, 0.3) is 0 Å². The minimum absolute atomic E-state index is 0. The Morgan fingerprint density at radius 1 is 1.37 bits per heavy atom. The lowest BCUT2D eigenvalue weighted by Crippen LogP contribution is -2.44. The third-order valence-electron chi connectivity index (χ3n) is 3.14. The van der Waals surface area contributed by atoms with Crippen LogP contribution in [0.5, 0.6) is 5.75 Å². The molecule has 1 aromatic rings. The molecule has 0 saturated heterocycles. The smallest absolute Gasteiger partial charge is 0.149 e. The van der Waals surface area contributed by atoms with Crippen LogP contribution in [0.2, 0.25) is 0 Å². The molecule has 0 saturated carbocycles. The second kappa shape index (κ2) is 7.69. The lowest BCUT2D eigenvalue weighted by molar-refractivity contribution is -0.893. The maximum Gasteiger partial charge on any atom is 0.149 e. The van der Waals surface area contributed by atoms with Crippen LogP contribution in [-0.2, 0) is 6.42 Å². The Morgan fingerprint density at radius 3 is 2.53 bits per heavy atom. The fourth-order valence-corrected chi connectivity index (χ4v) is 1.50. The van der Waals surface area contributed by atoms with E-state index in [1.54, 1.807) is 6.07 Å². The molecule has 0 aliphatic heterocycles. The summed E-state index contributed by atoms with van der Waals surface area (Å²) in [5.41, 5.74) is 1.16. The highest BCUT2D eigenvalue weighted by Gasteiger charge is 2.18. The molecule has 5 heteroatoms. The number of likely N-dealkylation sites (N-methyl/N-ethyl adjacent to an activating group) is 1. The maximum atomic E-state index is 11.1. The minimum Gasteiger partial charge on any atom is -0.567 e. The van der Waals surface area contributed by atoms with E-state index in [2.05, 4.69) is 33.1 Å². The molecular weight excluding hydrogens is 355 g/mol. The predicted molar refractivity (Wildman–Crippen MR) is 87.0 cm³/mol. The van der Waals surface area contributed by atoms with Gasteiger partial charge in [0.25, 0.3) is 0 Å². The lowest BCUT2D eigenvalue weighted by Gasteiger charge is -2.31. The highest BCUT2D eigenvalue weighted by atomic mass is 127. The molecule has 0 aromatic heterocycles. The number of aliphatic imine (C=N–C) groups is 1.